The van der Waals surface area contributed by atoms with E-state index < -0.39 is 0 Å². The van der Waals surface area contributed by atoms with E-state index >= 15 is 0 Å². The number of fused-ring (bicyclic) bond motifs is 1. The van der Waals surface area contributed by atoms with E-state index in [2.05, 4.69) is 5.32 Å². The monoisotopic (exact) mass is 252 g/mol. The Kier molecular flexibility index (Phi) is 3.05. The summed E-state index contributed by atoms with van der Waals surface area (Å²) in [5, 5.41) is 2.86. The van der Waals surface area contributed by atoms with Crippen molar-refractivity contribution in [1.82, 2.24) is 5.32 Å². The van der Waals surface area contributed by atoms with Gasteiger partial charge < -0.3 is 11.1 Å². The Hall–Kier alpha value is -2.13. The second-order valence-electron chi connectivity index (χ2n) is 4.81. The third-order valence-corrected chi connectivity index (χ3v) is 3.58. The predicted molar refractivity (Wildman–Crippen MR) is 75.0 cm³/mol. The first-order chi connectivity index (χ1) is 9.25. The molecule has 2 aromatic carbocycles. The molecule has 0 bridgehead atoms. The second-order valence-corrected chi connectivity index (χ2v) is 4.81. The molecule has 0 aromatic heterocycles. The van der Waals surface area contributed by atoms with Gasteiger partial charge in [0.2, 0.25) is 0 Å². The highest BCUT2D eigenvalue weighted by atomic mass is 16.1. The highest BCUT2D eigenvalue weighted by Gasteiger charge is 2.18. The van der Waals surface area contributed by atoms with Crippen LogP contribution < -0.4 is 11.1 Å². The molecular weight excluding hydrogens is 236 g/mol. The van der Waals surface area contributed by atoms with Crippen molar-refractivity contribution in [2.24, 2.45) is 5.73 Å². The first-order valence-corrected chi connectivity index (χ1v) is 6.47. The standard InChI is InChI=1S/C16H16N2O/c17-15(12-4-2-1-3-5-12)13-7-6-11-8-9-18-16(19)14(11)10-13/h1-7,10,15H,8-9,17H2,(H,18,19). The number of benzene rings is 2. The minimum Gasteiger partial charge on any atom is -0.352 e. The summed E-state index contributed by atoms with van der Waals surface area (Å²) in [6, 6.07) is 15.7. The van der Waals surface area contributed by atoms with E-state index in [1.807, 2.05) is 48.5 Å². The molecule has 1 unspecified atom stereocenters. The molecule has 0 radical (unpaired) electrons. The van der Waals surface area contributed by atoms with Crippen molar-refractivity contribution in [3.8, 4) is 0 Å². The maximum Gasteiger partial charge on any atom is 0.251 e. The third-order valence-electron chi connectivity index (χ3n) is 3.58. The van der Waals surface area contributed by atoms with Crippen molar-refractivity contribution in [2.45, 2.75) is 12.5 Å². The molecule has 3 rings (SSSR count). The number of hydrogen-bond donors (Lipinski definition) is 2. The summed E-state index contributed by atoms with van der Waals surface area (Å²) in [7, 11) is 0. The molecule has 1 heterocycles. The van der Waals surface area contributed by atoms with E-state index in [9.17, 15) is 4.79 Å². The average molecular weight is 252 g/mol. The van der Waals surface area contributed by atoms with Crippen molar-refractivity contribution in [3.63, 3.8) is 0 Å². The van der Waals surface area contributed by atoms with Crippen LogP contribution >= 0.6 is 0 Å². The molecule has 3 N–H and O–H groups in total. The van der Waals surface area contributed by atoms with Gasteiger partial charge >= 0.3 is 0 Å². The molecule has 3 nitrogen and oxygen atoms in total. The van der Waals surface area contributed by atoms with Gasteiger partial charge in [0, 0.05) is 12.1 Å². The number of nitrogens with two attached hydrogens (primary N) is 1. The van der Waals surface area contributed by atoms with Crippen LogP contribution in [0, 0.1) is 0 Å². The SMILES string of the molecule is NC(c1ccccc1)c1ccc2c(c1)C(=O)NCC2. The van der Waals surface area contributed by atoms with Gasteiger partial charge in [-0.25, -0.2) is 0 Å². The van der Waals surface area contributed by atoms with Crippen molar-refractivity contribution in [2.75, 3.05) is 6.54 Å². The van der Waals surface area contributed by atoms with E-state index in [-0.39, 0.29) is 11.9 Å². The smallest absolute Gasteiger partial charge is 0.251 e. The molecule has 1 aliphatic heterocycles. The lowest BCUT2D eigenvalue weighted by Crippen LogP contribution is -2.32. The van der Waals surface area contributed by atoms with Crippen LogP contribution in [-0.4, -0.2) is 12.5 Å². The Labute approximate surface area is 112 Å². The average Bonchev–Trinajstić information content (AvgIpc) is 2.47. The Balaban J connectivity index is 1.98. The summed E-state index contributed by atoms with van der Waals surface area (Å²) in [5.41, 5.74) is 10.2. The normalized spacial score (nSPS) is 15.5. The zero-order chi connectivity index (χ0) is 13.2. The fraction of sp³-hybridized carbons (Fsp3) is 0.188. The highest BCUT2D eigenvalue weighted by molar-refractivity contribution is 5.96. The lowest BCUT2D eigenvalue weighted by Gasteiger charge is -2.19. The fourth-order valence-corrected chi connectivity index (χ4v) is 2.48. The van der Waals surface area contributed by atoms with Crippen LogP contribution in [0.25, 0.3) is 0 Å². The topological polar surface area (TPSA) is 55.1 Å². The molecule has 96 valence electrons. The highest BCUT2D eigenvalue weighted by Crippen LogP contribution is 2.23. The summed E-state index contributed by atoms with van der Waals surface area (Å²) in [6.07, 6.45) is 0.891. The number of amides is 1. The van der Waals surface area contributed by atoms with Crippen LogP contribution in [0.3, 0.4) is 0 Å². The summed E-state index contributed by atoms with van der Waals surface area (Å²) >= 11 is 0. The molecule has 1 atom stereocenters. The number of nitrogens with one attached hydrogen (secondary N) is 1. The van der Waals surface area contributed by atoms with Gasteiger partial charge in [-0.05, 0) is 29.2 Å². The molecule has 0 aliphatic carbocycles. The zero-order valence-corrected chi connectivity index (χ0v) is 10.6. The quantitative estimate of drug-likeness (QED) is 0.859. The van der Waals surface area contributed by atoms with Crippen LogP contribution in [0.1, 0.15) is 33.1 Å². The van der Waals surface area contributed by atoms with E-state index in [0.29, 0.717) is 0 Å². The molecule has 2 aromatic rings. The van der Waals surface area contributed by atoms with Crippen LogP contribution in [0.2, 0.25) is 0 Å². The second kappa shape index (κ2) is 4.86. The maximum absolute atomic E-state index is 11.8. The van der Waals surface area contributed by atoms with Gasteiger partial charge in [-0.15, -0.1) is 0 Å². The van der Waals surface area contributed by atoms with E-state index in [4.69, 9.17) is 5.73 Å². The molecule has 0 spiro atoms. The largest absolute Gasteiger partial charge is 0.352 e. The third kappa shape index (κ3) is 2.25. The van der Waals surface area contributed by atoms with Crippen molar-refractivity contribution in [3.05, 3.63) is 70.8 Å². The Morgan fingerprint density at radius 3 is 2.63 bits per heavy atom. The van der Waals surface area contributed by atoms with E-state index in [1.165, 1.54) is 0 Å². The Morgan fingerprint density at radius 2 is 1.84 bits per heavy atom. The zero-order valence-electron chi connectivity index (χ0n) is 10.6. The van der Waals surface area contributed by atoms with Gasteiger partial charge in [-0.2, -0.15) is 0 Å². The lowest BCUT2D eigenvalue weighted by atomic mass is 9.93. The molecule has 1 aliphatic rings. The molecule has 19 heavy (non-hydrogen) atoms. The minimum atomic E-state index is -0.193. The van der Waals surface area contributed by atoms with Gasteiger partial charge in [0.1, 0.15) is 0 Å². The molecular formula is C16H16N2O. The number of hydrogen-bond acceptors (Lipinski definition) is 2. The number of carbonyl (C=O) groups is 1. The Morgan fingerprint density at radius 1 is 1.05 bits per heavy atom. The van der Waals surface area contributed by atoms with Gasteiger partial charge in [0.25, 0.3) is 5.91 Å². The van der Waals surface area contributed by atoms with Crippen molar-refractivity contribution >= 4 is 5.91 Å². The first kappa shape index (κ1) is 11.9. The number of rotatable bonds is 2. The summed E-state index contributed by atoms with van der Waals surface area (Å²) in [4.78, 5) is 11.8. The van der Waals surface area contributed by atoms with E-state index in [1.54, 1.807) is 0 Å². The molecule has 0 saturated heterocycles. The van der Waals surface area contributed by atoms with Gasteiger partial charge in [0.15, 0.2) is 0 Å². The molecule has 3 heteroatoms. The van der Waals surface area contributed by atoms with Gasteiger partial charge in [0.05, 0.1) is 6.04 Å². The predicted octanol–water partition coefficient (Wildman–Crippen LogP) is 2.02. The fourth-order valence-electron chi connectivity index (χ4n) is 2.48. The van der Waals surface area contributed by atoms with Crippen LogP contribution in [-0.2, 0) is 6.42 Å². The summed E-state index contributed by atoms with van der Waals surface area (Å²) in [5.74, 6) is 0.00311. The van der Waals surface area contributed by atoms with Gasteiger partial charge in [-0.3, -0.25) is 4.79 Å². The van der Waals surface area contributed by atoms with Crippen molar-refractivity contribution < 1.29 is 4.79 Å². The van der Waals surface area contributed by atoms with Crippen molar-refractivity contribution in [1.29, 1.82) is 0 Å². The maximum atomic E-state index is 11.8. The minimum absolute atomic E-state index is 0.00311. The first-order valence-electron chi connectivity index (χ1n) is 6.47. The number of carbonyl (C=O) groups excluding carboxylic acids is 1. The van der Waals surface area contributed by atoms with Gasteiger partial charge in [-0.1, -0.05) is 42.5 Å². The van der Waals surface area contributed by atoms with Crippen LogP contribution in [0.15, 0.2) is 48.5 Å². The summed E-state index contributed by atoms with van der Waals surface area (Å²) < 4.78 is 0. The van der Waals surface area contributed by atoms with Crippen LogP contribution in [0.4, 0.5) is 0 Å². The molecule has 0 fully saturated rings. The molecule has 0 saturated carbocycles. The Bertz CT molecular complexity index is 607. The van der Waals surface area contributed by atoms with E-state index in [0.717, 1.165) is 35.2 Å². The van der Waals surface area contributed by atoms with Crippen LogP contribution in [0.5, 0.6) is 0 Å². The lowest BCUT2D eigenvalue weighted by molar-refractivity contribution is 0.0946. The summed E-state index contributed by atoms with van der Waals surface area (Å²) in [6.45, 7) is 0.718. The molecule has 1 amide bonds.